The number of hydrogen-bond acceptors (Lipinski definition) is 9. The van der Waals surface area contributed by atoms with Crippen LogP contribution in [0.2, 0.25) is 5.02 Å². The number of likely N-dealkylation sites (tertiary alicyclic amines) is 1. The van der Waals surface area contributed by atoms with E-state index in [1.807, 2.05) is 17.9 Å². The van der Waals surface area contributed by atoms with Crippen molar-refractivity contribution in [2.45, 2.75) is 120 Å². The van der Waals surface area contributed by atoms with Crippen LogP contribution in [0.3, 0.4) is 0 Å². The van der Waals surface area contributed by atoms with Crippen molar-refractivity contribution in [1.29, 1.82) is 0 Å². The van der Waals surface area contributed by atoms with Gasteiger partial charge >= 0.3 is 0 Å². The van der Waals surface area contributed by atoms with Crippen molar-refractivity contribution < 1.29 is 18.8 Å². The van der Waals surface area contributed by atoms with Crippen LogP contribution >= 0.6 is 11.6 Å². The third kappa shape index (κ3) is 8.73. The zero-order valence-electron chi connectivity index (χ0n) is 31.8. The van der Waals surface area contributed by atoms with E-state index in [9.17, 15) is 18.8 Å². The van der Waals surface area contributed by atoms with Crippen molar-refractivity contribution in [3.8, 4) is 11.3 Å². The van der Waals surface area contributed by atoms with Crippen LogP contribution in [0.15, 0.2) is 24.5 Å². The zero-order valence-corrected chi connectivity index (χ0v) is 32.6. The molecule has 3 amide bonds. The number of unbranched alkanes of at least 4 members (excludes halogenated alkanes) is 2. The fourth-order valence-corrected chi connectivity index (χ4v) is 9.37. The van der Waals surface area contributed by atoms with E-state index in [-0.39, 0.29) is 30.7 Å². The van der Waals surface area contributed by atoms with Gasteiger partial charge in [0.05, 0.1) is 23.1 Å². The number of amides is 3. The lowest BCUT2D eigenvalue weighted by Crippen LogP contribution is -2.52. The molecule has 2 aliphatic carbocycles. The Bertz CT molecular complexity index is 1900. The van der Waals surface area contributed by atoms with Crippen LogP contribution < -0.4 is 16.0 Å². The number of nitrogens with zero attached hydrogens (tertiary/aromatic N) is 6. The number of piperidine rings is 2. The molecule has 1 atom stereocenters. The van der Waals surface area contributed by atoms with E-state index in [4.69, 9.17) is 16.6 Å². The van der Waals surface area contributed by atoms with Crippen molar-refractivity contribution in [3.63, 3.8) is 0 Å². The lowest BCUT2D eigenvalue weighted by molar-refractivity contribution is -0.136. The summed E-state index contributed by atoms with van der Waals surface area (Å²) in [6.07, 6.45) is 17.4. The molecule has 0 spiro atoms. The predicted octanol–water partition coefficient (Wildman–Crippen LogP) is 5.75. The first kappa shape index (κ1) is 38.0. The Kier molecular flexibility index (Phi) is 11.5. The Balaban J connectivity index is 0.727. The summed E-state index contributed by atoms with van der Waals surface area (Å²) in [5.41, 5.74) is 5.06. The van der Waals surface area contributed by atoms with Crippen LogP contribution in [0.4, 0.5) is 10.3 Å². The average molecular weight is 774 g/mol. The molecule has 1 unspecified atom stereocenters. The number of halogens is 2. The van der Waals surface area contributed by atoms with E-state index in [1.54, 1.807) is 12.3 Å². The van der Waals surface area contributed by atoms with E-state index in [2.05, 4.69) is 30.9 Å². The predicted molar refractivity (Wildman–Crippen MR) is 208 cm³/mol. The van der Waals surface area contributed by atoms with Crippen molar-refractivity contribution in [2.24, 2.45) is 13.0 Å². The van der Waals surface area contributed by atoms with Crippen LogP contribution in [0.25, 0.3) is 11.3 Å². The van der Waals surface area contributed by atoms with Gasteiger partial charge in [-0.15, -0.1) is 0 Å². The number of nitrogens with one attached hydrogen (secondary N) is 3. The summed E-state index contributed by atoms with van der Waals surface area (Å²) < 4.78 is 16.8. The van der Waals surface area contributed by atoms with E-state index in [0.29, 0.717) is 35.0 Å². The van der Waals surface area contributed by atoms with Crippen LogP contribution in [0.1, 0.15) is 117 Å². The molecule has 12 nitrogen and oxygen atoms in total. The van der Waals surface area contributed by atoms with E-state index in [1.165, 1.54) is 35.9 Å². The molecule has 5 aliphatic rings. The topological polar surface area (TPSA) is 137 Å². The third-order valence-corrected chi connectivity index (χ3v) is 12.8. The highest BCUT2D eigenvalue weighted by Gasteiger charge is 2.41. The first-order chi connectivity index (χ1) is 26.7. The lowest BCUT2D eigenvalue weighted by Gasteiger charge is -2.33. The fraction of sp³-hybridized carbons (Fsp3) is 0.610. The number of aromatic nitrogens is 4. The molecule has 1 aromatic carbocycles. The van der Waals surface area contributed by atoms with Gasteiger partial charge in [0.15, 0.2) is 0 Å². The van der Waals surface area contributed by atoms with Gasteiger partial charge in [-0.25, -0.2) is 14.4 Å². The molecule has 0 radical (unpaired) electrons. The summed E-state index contributed by atoms with van der Waals surface area (Å²) in [4.78, 5) is 50.8. The maximum Gasteiger partial charge on any atom is 0.255 e. The summed E-state index contributed by atoms with van der Waals surface area (Å²) in [7, 11) is 1.99. The number of aryl methyl sites for hydroxylation is 1. The molecule has 3 aromatic rings. The Labute approximate surface area is 327 Å². The largest absolute Gasteiger partial charge is 0.351 e. The van der Waals surface area contributed by atoms with Gasteiger partial charge < -0.3 is 20.4 Å². The normalized spacial score (nSPS) is 23.7. The molecule has 294 valence electrons. The second-order valence-electron chi connectivity index (χ2n) is 16.4. The van der Waals surface area contributed by atoms with Crippen LogP contribution in [-0.4, -0.2) is 91.6 Å². The third-order valence-electron chi connectivity index (χ3n) is 12.6. The number of fused-ring (bicyclic) bond motifs is 1. The molecule has 2 saturated carbocycles. The molecular formula is C41H53ClFN9O3. The molecule has 3 aliphatic heterocycles. The zero-order chi connectivity index (χ0) is 38.1. The molecule has 14 heteroatoms. The number of anilines is 1. The van der Waals surface area contributed by atoms with Gasteiger partial charge in [-0.1, -0.05) is 18.0 Å². The van der Waals surface area contributed by atoms with Crippen molar-refractivity contribution in [2.75, 3.05) is 31.5 Å². The number of imide groups is 1. The highest BCUT2D eigenvalue weighted by molar-refractivity contribution is 6.33. The summed E-state index contributed by atoms with van der Waals surface area (Å²) in [5, 5.41) is 14.8. The minimum Gasteiger partial charge on any atom is -0.351 e. The van der Waals surface area contributed by atoms with E-state index in [0.717, 1.165) is 112 Å². The first-order valence-electron chi connectivity index (χ1n) is 20.4. The molecular weight excluding hydrogens is 721 g/mol. The highest BCUT2D eigenvalue weighted by atomic mass is 35.5. The Hall–Kier alpha value is -3.94. The van der Waals surface area contributed by atoms with Gasteiger partial charge in [-0.2, -0.15) is 5.10 Å². The maximum absolute atomic E-state index is 14.8. The Morgan fingerprint density at radius 2 is 1.71 bits per heavy atom. The standard InChI is InChI=1S/C41H53ClFN9O3/c1-50-36(19-25-5-6-25)32(22-46-50)38-34(42)23-45-41(49-38)47-29-9-7-28(8-10-29)44-15-3-2-4-16-51-17-13-26(14-18-51)30-20-27(43)21-31-33(30)24-52(40(31)55)35-11-12-37(53)48-39(35)54/h20-23,25-26,28-29,35,44H,2-19,24H2,1H3,(H,45,47,49)(H,48,53,54)/t28-,29-,35?. The van der Waals surface area contributed by atoms with Gasteiger partial charge in [-0.3, -0.25) is 24.4 Å². The number of carbonyl (C=O) groups is 3. The minimum atomic E-state index is -0.697. The molecule has 2 saturated heterocycles. The molecule has 4 fully saturated rings. The van der Waals surface area contributed by atoms with Crippen molar-refractivity contribution in [3.05, 3.63) is 57.8 Å². The molecule has 55 heavy (non-hydrogen) atoms. The Morgan fingerprint density at radius 1 is 0.927 bits per heavy atom. The van der Waals surface area contributed by atoms with Crippen LogP contribution in [0.5, 0.6) is 0 Å². The molecule has 2 aromatic heterocycles. The maximum atomic E-state index is 14.8. The van der Waals surface area contributed by atoms with Crippen LogP contribution in [-0.2, 0) is 29.6 Å². The van der Waals surface area contributed by atoms with E-state index >= 15 is 0 Å². The average Bonchev–Trinajstić information content (AvgIpc) is 3.86. The highest BCUT2D eigenvalue weighted by Crippen LogP contribution is 2.39. The monoisotopic (exact) mass is 773 g/mol. The van der Waals surface area contributed by atoms with Gasteiger partial charge in [0.1, 0.15) is 11.9 Å². The second-order valence-corrected chi connectivity index (χ2v) is 16.8. The minimum absolute atomic E-state index is 0.178. The number of carbonyl (C=O) groups excluding carboxylic acids is 3. The van der Waals surface area contributed by atoms with Crippen molar-refractivity contribution in [1.82, 2.24) is 40.2 Å². The first-order valence-corrected chi connectivity index (χ1v) is 20.8. The van der Waals surface area contributed by atoms with Gasteiger partial charge in [-0.05, 0) is 138 Å². The summed E-state index contributed by atoms with van der Waals surface area (Å²) in [6, 6.07) is 3.08. The molecule has 3 N–H and O–H groups in total. The number of rotatable bonds is 14. The lowest BCUT2D eigenvalue weighted by atomic mass is 9.85. The summed E-state index contributed by atoms with van der Waals surface area (Å²) in [5.74, 6) is 0.0596. The van der Waals surface area contributed by atoms with Gasteiger partial charge in [0.25, 0.3) is 5.91 Å². The fourth-order valence-electron chi connectivity index (χ4n) is 9.18. The van der Waals surface area contributed by atoms with Crippen LogP contribution in [0, 0.1) is 11.7 Å². The van der Waals surface area contributed by atoms with Gasteiger partial charge in [0, 0.05) is 48.9 Å². The molecule has 8 rings (SSSR count). The smallest absolute Gasteiger partial charge is 0.255 e. The van der Waals surface area contributed by atoms with Gasteiger partial charge in [0.2, 0.25) is 17.8 Å². The summed E-state index contributed by atoms with van der Waals surface area (Å²) in [6.45, 7) is 4.27. The van der Waals surface area contributed by atoms with Crippen molar-refractivity contribution >= 4 is 35.3 Å². The summed E-state index contributed by atoms with van der Waals surface area (Å²) >= 11 is 6.59. The quantitative estimate of drug-likeness (QED) is 0.138. The second kappa shape index (κ2) is 16.7. The number of hydrogen-bond donors (Lipinski definition) is 3. The molecule has 5 heterocycles. The van der Waals surface area contributed by atoms with E-state index < -0.39 is 17.8 Å². The Morgan fingerprint density at radius 3 is 2.47 bits per heavy atom. The number of benzene rings is 1. The SMILES string of the molecule is Cn1ncc(-c2nc(N[C@H]3CC[C@H](NCCCCCN4CCC(c5cc(F)cc6c5CN(C5CCC(=O)NC5=O)C6=O)CC4)CC3)ncc2Cl)c1CC1CC1. The molecule has 0 bridgehead atoms.